The van der Waals surface area contributed by atoms with Crippen molar-refractivity contribution in [1.82, 2.24) is 40.4 Å². The van der Waals surface area contributed by atoms with Gasteiger partial charge in [0.15, 0.2) is 0 Å². The molecule has 9 rings (SSSR count). The van der Waals surface area contributed by atoms with Crippen molar-refractivity contribution in [2.75, 3.05) is 53.6 Å². The van der Waals surface area contributed by atoms with Crippen LogP contribution in [0.15, 0.2) is 122 Å². The number of amides is 4. The topological polar surface area (TPSA) is 193 Å². The van der Waals surface area contributed by atoms with Crippen LogP contribution in [0.1, 0.15) is 90.2 Å². The van der Waals surface area contributed by atoms with E-state index in [1.807, 2.05) is 77.7 Å². The van der Waals surface area contributed by atoms with Gasteiger partial charge in [0, 0.05) is 44.7 Å². The molecule has 16 heteroatoms. The maximum atomic E-state index is 13.8. The van der Waals surface area contributed by atoms with Crippen molar-refractivity contribution in [2.45, 2.75) is 108 Å². The Morgan fingerprint density at radius 2 is 1.07 bits per heavy atom. The van der Waals surface area contributed by atoms with Gasteiger partial charge in [-0.3, -0.25) is 19.2 Å². The Bertz CT molecular complexity index is 2800. The highest BCUT2D eigenvalue weighted by Gasteiger charge is 2.51. The molecular weight excluding hydrogens is 961 g/mol. The molecule has 4 heterocycles. The molecule has 4 amide bonds. The van der Waals surface area contributed by atoms with Gasteiger partial charge in [0.25, 0.3) is 0 Å². The van der Waals surface area contributed by atoms with E-state index in [0.29, 0.717) is 64.4 Å². The number of nitrogens with zero attached hydrogens (tertiary/aromatic N) is 4. The van der Waals surface area contributed by atoms with Crippen molar-refractivity contribution in [3.05, 3.63) is 167 Å². The Balaban J connectivity index is 0.000000201. The summed E-state index contributed by atoms with van der Waals surface area (Å²) in [6, 6.07) is 30.3. The third kappa shape index (κ3) is 14.3. The third-order valence-electron chi connectivity index (χ3n) is 14.6. The van der Waals surface area contributed by atoms with E-state index in [9.17, 15) is 19.2 Å². The number of ether oxygens (including phenoxy) is 4. The van der Waals surface area contributed by atoms with Crippen molar-refractivity contribution >= 4 is 23.6 Å². The van der Waals surface area contributed by atoms with Crippen LogP contribution >= 0.6 is 0 Å². The number of nitrogens with one attached hydrogen (secondary N) is 4. The highest BCUT2D eigenvalue weighted by molar-refractivity contribution is 5.89. The maximum Gasteiger partial charge on any atom is 0.245 e. The van der Waals surface area contributed by atoms with Gasteiger partial charge in [-0.1, -0.05) is 86.1 Å². The lowest BCUT2D eigenvalue weighted by atomic mass is 9.82. The van der Waals surface area contributed by atoms with Crippen molar-refractivity contribution in [2.24, 2.45) is 5.92 Å². The molecule has 6 aromatic rings. The molecule has 1 aliphatic carbocycles. The fraction of sp³-hybridized carbons (Fsp3) is 0.433. The molecule has 2 saturated heterocycles. The number of benzene rings is 4. The first-order valence-corrected chi connectivity index (χ1v) is 26.7. The van der Waals surface area contributed by atoms with Gasteiger partial charge in [0.2, 0.25) is 23.6 Å². The summed E-state index contributed by atoms with van der Waals surface area (Å²) < 4.78 is 23.5. The Hall–Kier alpha value is -7.30. The fourth-order valence-electron chi connectivity index (χ4n) is 9.98. The highest BCUT2D eigenvalue weighted by atomic mass is 16.5. The standard InChI is InChI=1S/C30H36N4O4.C30H38N4O4/c1-21-5-3-4-6-26(21)30(38-17-23-7-8-23)18-34(19-30)29(36)27(15-22-9-12-25(37-2)13-10-22)33-28(35)14-11-24-16-31-20-32-24;1-4-5-16-38-30(26-9-7-6-8-22(26)2)19-34(20-30)29(36)27(17-23-10-13-25(37-3)14-11-23)33-28(35)15-12-24-18-31-21-32-24/h3-6,9-10,12-13,16,20,23,27H,7-8,11,14-15,17-19H2,1-2H3,(H,31,32)(H,33,35);6-11,13-14,18,21,27H,4-5,12,15-17,19-20H2,1-3H3,(H,31,32)(H,33,35)/t2*27-/m01/s1. The van der Waals surface area contributed by atoms with E-state index in [-0.39, 0.29) is 36.5 Å². The zero-order chi connectivity index (χ0) is 53.5. The van der Waals surface area contributed by atoms with E-state index in [1.54, 1.807) is 44.2 Å². The van der Waals surface area contributed by atoms with Crippen LogP contribution in [0.5, 0.6) is 11.5 Å². The molecule has 1 saturated carbocycles. The summed E-state index contributed by atoms with van der Waals surface area (Å²) in [6.07, 6.45) is 13.5. The number of aromatic amines is 2. The number of aryl methyl sites for hydroxylation is 4. The average Bonchev–Trinajstić information content (AvgIpc) is 3.88. The monoisotopic (exact) mass is 1030 g/mol. The molecule has 0 spiro atoms. The Kier molecular flexibility index (Phi) is 18.8. The molecular formula is C60H74N8O8. The lowest BCUT2D eigenvalue weighted by Crippen LogP contribution is -2.66. The number of H-pyrrole nitrogens is 2. The smallest absolute Gasteiger partial charge is 0.245 e. The predicted octanol–water partition coefficient (Wildman–Crippen LogP) is 7.49. The molecule has 0 unspecified atom stereocenters. The van der Waals surface area contributed by atoms with Gasteiger partial charge >= 0.3 is 0 Å². The zero-order valence-electron chi connectivity index (χ0n) is 44.6. The lowest BCUT2D eigenvalue weighted by molar-refractivity contribution is -0.176. The molecule has 2 atom stereocenters. The summed E-state index contributed by atoms with van der Waals surface area (Å²) in [4.78, 5) is 71.1. The van der Waals surface area contributed by atoms with Gasteiger partial charge in [-0.25, -0.2) is 9.97 Å². The molecule has 3 fully saturated rings. The maximum absolute atomic E-state index is 13.8. The number of rotatable bonds is 25. The van der Waals surface area contributed by atoms with Gasteiger partial charge < -0.3 is 49.3 Å². The molecule has 402 valence electrons. The largest absolute Gasteiger partial charge is 0.497 e. The number of hydrogen-bond acceptors (Lipinski definition) is 10. The molecule has 0 bridgehead atoms. The Morgan fingerprint density at radius 1 is 0.632 bits per heavy atom. The van der Waals surface area contributed by atoms with Crippen molar-refractivity contribution < 1.29 is 38.1 Å². The summed E-state index contributed by atoms with van der Waals surface area (Å²) in [5.74, 6) is 1.58. The normalized spacial score (nSPS) is 16.0. The summed E-state index contributed by atoms with van der Waals surface area (Å²) in [6.45, 7) is 9.55. The molecule has 3 aliphatic rings. The Labute approximate surface area is 446 Å². The summed E-state index contributed by atoms with van der Waals surface area (Å²) >= 11 is 0. The number of aromatic nitrogens is 4. The summed E-state index contributed by atoms with van der Waals surface area (Å²) in [5, 5.41) is 6.00. The van der Waals surface area contributed by atoms with Crippen molar-refractivity contribution in [1.29, 1.82) is 0 Å². The second-order valence-electron chi connectivity index (χ2n) is 20.4. The predicted molar refractivity (Wildman–Crippen MR) is 289 cm³/mol. The number of carbonyl (C=O) groups is 4. The third-order valence-corrected chi connectivity index (χ3v) is 14.6. The molecule has 0 radical (unpaired) electrons. The minimum absolute atomic E-state index is 0.0897. The van der Waals surface area contributed by atoms with E-state index in [4.69, 9.17) is 18.9 Å². The van der Waals surface area contributed by atoms with Crippen LogP contribution in [-0.2, 0) is 65.5 Å². The van der Waals surface area contributed by atoms with Crippen molar-refractivity contribution in [3.63, 3.8) is 0 Å². The number of carbonyl (C=O) groups excluding carboxylic acids is 4. The molecule has 2 aliphatic heterocycles. The van der Waals surface area contributed by atoms with Crippen LogP contribution in [0.2, 0.25) is 0 Å². The minimum Gasteiger partial charge on any atom is -0.497 e. The summed E-state index contributed by atoms with van der Waals surface area (Å²) in [7, 11) is 3.24. The second kappa shape index (κ2) is 26.0. The zero-order valence-corrected chi connectivity index (χ0v) is 44.6. The molecule has 4 aromatic carbocycles. The van der Waals surface area contributed by atoms with Crippen LogP contribution < -0.4 is 20.1 Å². The van der Waals surface area contributed by atoms with Gasteiger partial charge in [-0.2, -0.15) is 0 Å². The molecule has 2 aromatic heterocycles. The van der Waals surface area contributed by atoms with Crippen LogP contribution in [0.3, 0.4) is 0 Å². The van der Waals surface area contributed by atoms with E-state index < -0.39 is 23.3 Å². The van der Waals surface area contributed by atoms with Crippen LogP contribution in [0.25, 0.3) is 0 Å². The summed E-state index contributed by atoms with van der Waals surface area (Å²) in [5.41, 5.74) is 7.07. The van der Waals surface area contributed by atoms with E-state index >= 15 is 0 Å². The van der Waals surface area contributed by atoms with E-state index in [0.717, 1.165) is 75.7 Å². The minimum atomic E-state index is -0.680. The first-order valence-electron chi connectivity index (χ1n) is 26.7. The Morgan fingerprint density at radius 3 is 1.45 bits per heavy atom. The number of methoxy groups -OCH3 is 2. The second-order valence-corrected chi connectivity index (χ2v) is 20.4. The average molecular weight is 1040 g/mol. The number of imidazole rings is 2. The van der Waals surface area contributed by atoms with Gasteiger partial charge in [-0.05, 0) is 110 Å². The van der Waals surface area contributed by atoms with E-state index in [1.165, 1.54) is 12.8 Å². The number of likely N-dealkylation sites (tertiary alicyclic amines) is 2. The first-order chi connectivity index (χ1) is 36.9. The van der Waals surface area contributed by atoms with E-state index in [2.05, 4.69) is 75.6 Å². The van der Waals surface area contributed by atoms with Gasteiger partial charge in [-0.15, -0.1) is 0 Å². The molecule has 16 nitrogen and oxygen atoms in total. The highest BCUT2D eigenvalue weighted by Crippen LogP contribution is 2.41. The number of hydrogen-bond donors (Lipinski definition) is 4. The van der Waals surface area contributed by atoms with Gasteiger partial charge in [0.05, 0.1) is 71.0 Å². The van der Waals surface area contributed by atoms with Crippen molar-refractivity contribution in [3.8, 4) is 11.5 Å². The van der Waals surface area contributed by atoms with Crippen LogP contribution in [0, 0.1) is 19.8 Å². The lowest BCUT2D eigenvalue weighted by Gasteiger charge is -2.51. The fourth-order valence-corrected chi connectivity index (χ4v) is 9.98. The van der Waals surface area contributed by atoms with Crippen LogP contribution in [-0.4, -0.2) is 119 Å². The number of unbranched alkanes of at least 4 members (excludes halogenated alkanes) is 1. The quantitative estimate of drug-likeness (QED) is 0.0418. The SMILES string of the molecule is CCCCOC1(c2ccccc2C)CN(C(=O)[C@@H](Cc2ccc(OC)cc2)NC(=O)CCc2c[nH]cn2)C1.COc1ccc(C[C@H](NC(=O)CCc2c[nH]cn2)C(=O)N2CC(OCC3CC3)(c3ccccc3C)C2)cc1. The first kappa shape index (κ1) is 54.9. The molecule has 76 heavy (non-hydrogen) atoms. The molecule has 4 N–H and O–H groups in total. The van der Waals surface area contributed by atoms with Crippen LogP contribution in [0.4, 0.5) is 0 Å². The van der Waals surface area contributed by atoms with Gasteiger partial charge in [0.1, 0.15) is 34.8 Å².